The Labute approximate surface area is 187 Å². The molecule has 0 fully saturated rings. The number of nitro groups is 1. The minimum atomic E-state index is -3.69. The number of nitrogens with one attached hydrogen (secondary N) is 1. The SMILES string of the molecule is O=C(Nc1ccc2c(c1)N(S(=O)(=O)c1cccs1)CCC2)c1ccc([N+](=O)[O-])cc1Cl. The Morgan fingerprint density at radius 2 is 2.00 bits per heavy atom. The number of thiophene rings is 1. The number of carbonyl (C=O) groups is 1. The Bertz CT molecular complexity index is 1280. The first kappa shape index (κ1) is 21.3. The smallest absolute Gasteiger partial charge is 0.273 e. The normalized spacial score (nSPS) is 13.5. The number of rotatable bonds is 5. The van der Waals surface area contributed by atoms with Gasteiger partial charge in [0.15, 0.2) is 0 Å². The standard InChI is InChI=1S/C20H16ClN3O5S2/c21-17-12-15(24(26)27)7-8-16(17)20(25)22-14-6-5-13-3-1-9-23(18(13)11-14)31(28,29)19-4-2-10-30-19/h2,4-8,10-12H,1,3,9H2,(H,22,25). The maximum Gasteiger partial charge on any atom is 0.273 e. The Balaban J connectivity index is 1.64. The molecule has 0 bridgehead atoms. The highest BCUT2D eigenvalue weighted by Gasteiger charge is 2.30. The lowest BCUT2D eigenvalue weighted by Gasteiger charge is -2.30. The van der Waals surface area contributed by atoms with Crippen molar-refractivity contribution in [3.63, 3.8) is 0 Å². The number of halogens is 1. The largest absolute Gasteiger partial charge is 0.322 e. The van der Waals surface area contributed by atoms with E-state index in [1.54, 1.807) is 35.7 Å². The van der Waals surface area contributed by atoms with Gasteiger partial charge in [0.1, 0.15) is 4.21 Å². The van der Waals surface area contributed by atoms with Crippen LogP contribution in [-0.2, 0) is 16.4 Å². The summed E-state index contributed by atoms with van der Waals surface area (Å²) in [5.74, 6) is -0.552. The number of nitro benzene ring substituents is 1. The minimum absolute atomic E-state index is 0.0495. The summed E-state index contributed by atoms with van der Waals surface area (Å²) in [4.78, 5) is 22.9. The monoisotopic (exact) mass is 477 g/mol. The van der Waals surface area contributed by atoms with Crippen LogP contribution in [0.2, 0.25) is 5.02 Å². The quantitative estimate of drug-likeness (QED) is 0.423. The second-order valence-electron chi connectivity index (χ2n) is 6.83. The van der Waals surface area contributed by atoms with Crippen LogP contribution < -0.4 is 9.62 Å². The van der Waals surface area contributed by atoms with E-state index in [9.17, 15) is 23.3 Å². The Morgan fingerprint density at radius 3 is 2.68 bits per heavy atom. The minimum Gasteiger partial charge on any atom is -0.322 e. The Kier molecular flexibility index (Phi) is 5.69. The molecular formula is C20H16ClN3O5S2. The maximum atomic E-state index is 13.1. The summed E-state index contributed by atoms with van der Waals surface area (Å²) in [6.45, 7) is 0.346. The van der Waals surface area contributed by atoms with Crippen molar-refractivity contribution in [1.82, 2.24) is 0 Å². The number of carbonyl (C=O) groups excluding carboxylic acids is 1. The maximum absolute atomic E-state index is 13.1. The van der Waals surface area contributed by atoms with Crippen LogP contribution in [-0.4, -0.2) is 25.8 Å². The molecule has 160 valence electrons. The average molecular weight is 478 g/mol. The predicted octanol–water partition coefficient (Wildman–Crippen LogP) is 4.70. The highest BCUT2D eigenvalue weighted by Crippen LogP contribution is 2.35. The van der Waals surface area contributed by atoms with Crippen LogP contribution in [0.5, 0.6) is 0 Å². The van der Waals surface area contributed by atoms with Gasteiger partial charge in [-0.25, -0.2) is 8.42 Å². The third-order valence-corrected chi connectivity index (χ3v) is 8.37. The van der Waals surface area contributed by atoms with Crippen molar-refractivity contribution in [2.45, 2.75) is 17.1 Å². The molecule has 1 aliphatic heterocycles. The number of non-ortho nitro benzene ring substituents is 1. The Morgan fingerprint density at radius 1 is 1.19 bits per heavy atom. The summed E-state index contributed by atoms with van der Waals surface area (Å²) < 4.78 is 27.8. The van der Waals surface area contributed by atoms with E-state index in [1.165, 1.54) is 16.4 Å². The first-order valence-electron chi connectivity index (χ1n) is 9.22. The number of aryl methyl sites for hydroxylation is 1. The highest BCUT2D eigenvalue weighted by molar-refractivity contribution is 7.94. The molecule has 1 aromatic heterocycles. The number of hydrogen-bond acceptors (Lipinski definition) is 6. The van der Waals surface area contributed by atoms with Crippen LogP contribution in [0.1, 0.15) is 22.3 Å². The average Bonchev–Trinajstić information content (AvgIpc) is 3.29. The van der Waals surface area contributed by atoms with Gasteiger partial charge in [-0.2, -0.15) is 0 Å². The van der Waals surface area contributed by atoms with Gasteiger partial charge in [0.05, 0.1) is 21.2 Å². The van der Waals surface area contributed by atoms with Gasteiger partial charge in [-0.05, 0) is 48.1 Å². The van der Waals surface area contributed by atoms with Gasteiger partial charge >= 0.3 is 0 Å². The molecule has 0 unspecified atom stereocenters. The molecular weight excluding hydrogens is 462 g/mol. The van der Waals surface area contributed by atoms with Crippen LogP contribution in [0.3, 0.4) is 0 Å². The number of hydrogen-bond donors (Lipinski definition) is 1. The molecule has 0 saturated heterocycles. The van der Waals surface area contributed by atoms with E-state index in [4.69, 9.17) is 11.6 Å². The Hall–Kier alpha value is -2.95. The fraction of sp³-hybridized carbons (Fsp3) is 0.150. The number of nitrogens with zero attached hydrogens (tertiary/aromatic N) is 2. The fourth-order valence-corrected chi connectivity index (χ4v) is 6.29. The van der Waals surface area contributed by atoms with E-state index in [-0.39, 0.29) is 20.5 Å². The van der Waals surface area contributed by atoms with E-state index in [1.807, 2.05) is 0 Å². The number of benzene rings is 2. The molecule has 8 nitrogen and oxygen atoms in total. The molecule has 31 heavy (non-hydrogen) atoms. The fourth-order valence-electron chi connectivity index (χ4n) is 3.39. The lowest BCUT2D eigenvalue weighted by atomic mass is 10.0. The topological polar surface area (TPSA) is 110 Å². The predicted molar refractivity (Wildman–Crippen MR) is 120 cm³/mol. The second-order valence-corrected chi connectivity index (χ2v) is 10.3. The third kappa shape index (κ3) is 4.14. The van der Waals surface area contributed by atoms with E-state index >= 15 is 0 Å². The van der Waals surface area contributed by atoms with E-state index in [2.05, 4.69) is 5.32 Å². The van der Waals surface area contributed by atoms with Gasteiger partial charge in [-0.3, -0.25) is 19.2 Å². The summed E-state index contributed by atoms with van der Waals surface area (Å²) in [5, 5.41) is 15.2. The lowest BCUT2D eigenvalue weighted by molar-refractivity contribution is -0.384. The van der Waals surface area contributed by atoms with Crippen LogP contribution in [0.25, 0.3) is 0 Å². The first-order valence-corrected chi connectivity index (χ1v) is 11.9. The molecule has 1 aliphatic rings. The molecule has 0 atom stereocenters. The lowest BCUT2D eigenvalue weighted by Crippen LogP contribution is -2.35. The number of anilines is 2. The van der Waals surface area contributed by atoms with E-state index < -0.39 is 20.9 Å². The van der Waals surface area contributed by atoms with Crippen LogP contribution in [0.4, 0.5) is 17.1 Å². The number of fused-ring (bicyclic) bond motifs is 1. The van der Waals surface area contributed by atoms with Gasteiger partial charge in [-0.15, -0.1) is 11.3 Å². The van der Waals surface area contributed by atoms with Crippen LogP contribution >= 0.6 is 22.9 Å². The van der Waals surface area contributed by atoms with Crippen molar-refractivity contribution in [2.75, 3.05) is 16.2 Å². The van der Waals surface area contributed by atoms with Crippen LogP contribution in [0.15, 0.2) is 58.1 Å². The number of amides is 1. The van der Waals surface area contributed by atoms with Crippen molar-refractivity contribution in [3.05, 3.63) is 80.2 Å². The third-order valence-electron chi connectivity index (χ3n) is 4.87. The van der Waals surface area contributed by atoms with Gasteiger partial charge in [-0.1, -0.05) is 23.7 Å². The zero-order valence-electron chi connectivity index (χ0n) is 15.9. The van der Waals surface area contributed by atoms with Gasteiger partial charge < -0.3 is 5.32 Å². The molecule has 0 spiro atoms. The summed E-state index contributed by atoms with van der Waals surface area (Å²) in [7, 11) is -3.69. The summed E-state index contributed by atoms with van der Waals surface area (Å²) >= 11 is 7.19. The number of sulfonamides is 1. The van der Waals surface area contributed by atoms with Crippen molar-refractivity contribution in [3.8, 4) is 0 Å². The zero-order chi connectivity index (χ0) is 22.2. The molecule has 11 heteroatoms. The molecule has 1 amide bonds. The second kappa shape index (κ2) is 8.29. The molecule has 1 N–H and O–H groups in total. The molecule has 2 heterocycles. The van der Waals surface area contributed by atoms with Crippen molar-refractivity contribution >= 4 is 55.9 Å². The molecule has 4 rings (SSSR count). The summed E-state index contributed by atoms with van der Waals surface area (Å²) in [5.41, 5.74) is 1.65. The first-order chi connectivity index (χ1) is 14.8. The van der Waals surface area contributed by atoms with Crippen molar-refractivity contribution in [1.29, 1.82) is 0 Å². The molecule has 3 aromatic rings. The molecule has 0 radical (unpaired) electrons. The van der Waals surface area contributed by atoms with Gasteiger partial charge in [0.25, 0.3) is 21.6 Å². The summed E-state index contributed by atoms with van der Waals surface area (Å²) in [6, 6.07) is 11.9. The van der Waals surface area contributed by atoms with Crippen LogP contribution in [0, 0.1) is 10.1 Å². The van der Waals surface area contributed by atoms with E-state index in [0.717, 1.165) is 29.4 Å². The van der Waals surface area contributed by atoms with Crippen molar-refractivity contribution in [2.24, 2.45) is 0 Å². The molecule has 0 saturated carbocycles. The van der Waals surface area contributed by atoms with Crippen molar-refractivity contribution < 1.29 is 18.1 Å². The molecule has 0 aliphatic carbocycles. The summed E-state index contributed by atoms with van der Waals surface area (Å²) in [6.07, 6.45) is 1.43. The zero-order valence-corrected chi connectivity index (χ0v) is 18.3. The highest BCUT2D eigenvalue weighted by atomic mass is 35.5. The van der Waals surface area contributed by atoms with E-state index in [0.29, 0.717) is 24.3 Å². The van der Waals surface area contributed by atoms with Gasteiger partial charge in [0.2, 0.25) is 0 Å². The molecule has 2 aromatic carbocycles. The van der Waals surface area contributed by atoms with Gasteiger partial charge in [0, 0.05) is 24.4 Å².